The lowest BCUT2D eigenvalue weighted by Crippen LogP contribution is -2.41. The zero-order valence-corrected chi connectivity index (χ0v) is 18.8. The van der Waals surface area contributed by atoms with Crippen molar-refractivity contribution in [2.75, 3.05) is 53.6 Å². The maximum Gasteiger partial charge on any atom is 0.218 e. The summed E-state index contributed by atoms with van der Waals surface area (Å²) in [5.41, 5.74) is 0.984. The fourth-order valence-electron chi connectivity index (χ4n) is 2.27. The molecule has 0 bridgehead atoms. The third kappa shape index (κ3) is 10.8. The molecule has 0 fully saturated rings. The molecular weight excluding hydrogens is 445 g/mol. The Morgan fingerprint density at radius 3 is 2.77 bits per heavy atom. The summed E-state index contributed by atoms with van der Waals surface area (Å²) in [4.78, 5) is 11.2. The number of hydrogen-bond donors (Lipinski definition) is 2. The Labute approximate surface area is 175 Å². The van der Waals surface area contributed by atoms with Gasteiger partial charge in [-0.25, -0.2) is 9.98 Å². The lowest BCUT2D eigenvalue weighted by molar-refractivity contribution is 0.180. The van der Waals surface area contributed by atoms with Crippen LogP contribution in [0.4, 0.5) is 0 Å². The minimum Gasteiger partial charge on any atom is -0.478 e. The van der Waals surface area contributed by atoms with Crippen LogP contribution in [0.5, 0.6) is 5.88 Å². The molecule has 0 spiro atoms. The first-order valence-electron chi connectivity index (χ1n) is 8.97. The van der Waals surface area contributed by atoms with Crippen molar-refractivity contribution in [2.24, 2.45) is 4.99 Å². The fraction of sp³-hybridized carbons (Fsp3) is 0.667. The number of guanidine groups is 1. The normalized spacial score (nSPS) is 11.2. The molecule has 0 aliphatic heterocycles. The van der Waals surface area contributed by atoms with Gasteiger partial charge in [-0.2, -0.15) is 0 Å². The summed E-state index contributed by atoms with van der Waals surface area (Å²) in [5, 5.41) is 6.64. The molecule has 1 aromatic rings. The Kier molecular flexibility index (Phi) is 15.4. The highest BCUT2D eigenvalue weighted by atomic mass is 127. The minimum absolute atomic E-state index is 0. The van der Waals surface area contributed by atoms with Gasteiger partial charge in [0.05, 0.1) is 13.2 Å². The zero-order valence-electron chi connectivity index (χ0n) is 16.5. The number of rotatable bonds is 12. The van der Waals surface area contributed by atoms with E-state index in [9.17, 15) is 0 Å². The molecule has 0 atom stereocenters. The second-order valence-electron chi connectivity index (χ2n) is 5.67. The molecule has 0 amide bonds. The molecule has 1 rings (SSSR count). The summed E-state index contributed by atoms with van der Waals surface area (Å²) < 4.78 is 10.6. The van der Waals surface area contributed by atoms with Gasteiger partial charge in [-0.15, -0.1) is 24.0 Å². The molecule has 0 radical (unpaired) electrons. The van der Waals surface area contributed by atoms with Gasteiger partial charge in [0.2, 0.25) is 5.88 Å². The average molecular weight is 479 g/mol. The number of ether oxygens (including phenoxy) is 2. The number of methoxy groups -OCH3 is 1. The third-order valence-corrected chi connectivity index (χ3v) is 3.56. The molecule has 1 aromatic heterocycles. The molecule has 0 unspecified atom stereocenters. The van der Waals surface area contributed by atoms with Crippen LogP contribution < -0.4 is 15.4 Å². The van der Waals surface area contributed by atoms with Crippen molar-refractivity contribution in [3.05, 3.63) is 23.9 Å². The summed E-state index contributed by atoms with van der Waals surface area (Å²) in [5.74, 6) is 1.46. The van der Waals surface area contributed by atoms with E-state index in [1.165, 1.54) is 0 Å². The first-order chi connectivity index (χ1) is 12.2. The van der Waals surface area contributed by atoms with Gasteiger partial charge in [0.25, 0.3) is 0 Å². The maximum atomic E-state index is 5.55. The van der Waals surface area contributed by atoms with Crippen LogP contribution in [0.15, 0.2) is 23.3 Å². The van der Waals surface area contributed by atoms with Crippen molar-refractivity contribution in [3.8, 4) is 5.88 Å². The molecule has 26 heavy (non-hydrogen) atoms. The fourth-order valence-corrected chi connectivity index (χ4v) is 2.27. The number of nitrogens with one attached hydrogen (secondary N) is 2. The van der Waals surface area contributed by atoms with Crippen molar-refractivity contribution in [1.82, 2.24) is 20.5 Å². The standard InChI is InChI=1S/C18H33N5O2.HI/c1-5-19-18(21-11-13-23(3)12-8-14-24-4)22-15-16-9-7-10-20-17(16)25-6-2;/h7,9-10H,5-6,8,11-15H2,1-4H3,(H2,19,21,22);1H. The second kappa shape index (κ2) is 16.1. The summed E-state index contributed by atoms with van der Waals surface area (Å²) >= 11 is 0. The van der Waals surface area contributed by atoms with Crippen LogP contribution in [0.1, 0.15) is 25.8 Å². The number of hydrogen-bond acceptors (Lipinski definition) is 5. The Morgan fingerprint density at radius 2 is 2.08 bits per heavy atom. The van der Waals surface area contributed by atoms with Crippen LogP contribution in [0, 0.1) is 0 Å². The Hall–Kier alpha value is -1.13. The van der Waals surface area contributed by atoms with Gasteiger partial charge in [-0.1, -0.05) is 6.07 Å². The molecule has 0 aliphatic rings. The van der Waals surface area contributed by atoms with Crippen LogP contribution >= 0.6 is 24.0 Å². The number of aromatic nitrogens is 1. The van der Waals surface area contributed by atoms with Crippen LogP contribution in [-0.4, -0.2) is 69.4 Å². The van der Waals surface area contributed by atoms with Crippen molar-refractivity contribution in [1.29, 1.82) is 0 Å². The highest BCUT2D eigenvalue weighted by Gasteiger charge is 2.05. The lowest BCUT2D eigenvalue weighted by atomic mass is 10.3. The quantitative estimate of drug-likeness (QED) is 0.207. The highest BCUT2D eigenvalue weighted by Crippen LogP contribution is 2.15. The summed E-state index contributed by atoms with van der Waals surface area (Å²) in [6.07, 6.45) is 2.78. The number of pyridine rings is 1. The van der Waals surface area contributed by atoms with Gasteiger partial charge in [0, 0.05) is 51.7 Å². The monoisotopic (exact) mass is 479 g/mol. The van der Waals surface area contributed by atoms with E-state index in [4.69, 9.17) is 9.47 Å². The number of nitrogens with zero attached hydrogens (tertiary/aromatic N) is 3. The Bertz CT molecular complexity index is 502. The van der Waals surface area contributed by atoms with Crippen LogP contribution in [-0.2, 0) is 11.3 Å². The molecular formula is C18H34IN5O2. The molecule has 0 saturated heterocycles. The van der Waals surface area contributed by atoms with E-state index in [1.807, 2.05) is 19.1 Å². The average Bonchev–Trinajstić information content (AvgIpc) is 2.61. The number of likely N-dealkylation sites (N-methyl/N-ethyl adjacent to an activating group) is 1. The molecule has 0 aromatic carbocycles. The SMILES string of the molecule is CCNC(=NCc1cccnc1OCC)NCCN(C)CCCOC.I. The van der Waals surface area contributed by atoms with Gasteiger partial charge in [0.1, 0.15) is 0 Å². The van der Waals surface area contributed by atoms with Crippen molar-refractivity contribution in [2.45, 2.75) is 26.8 Å². The van der Waals surface area contributed by atoms with E-state index in [0.29, 0.717) is 19.0 Å². The highest BCUT2D eigenvalue weighted by molar-refractivity contribution is 14.0. The molecule has 0 aliphatic carbocycles. The van der Waals surface area contributed by atoms with E-state index < -0.39 is 0 Å². The van der Waals surface area contributed by atoms with Crippen LogP contribution in [0.3, 0.4) is 0 Å². The molecule has 8 heteroatoms. The largest absolute Gasteiger partial charge is 0.478 e. The molecule has 0 saturated carbocycles. The van der Waals surface area contributed by atoms with Gasteiger partial charge < -0.3 is 25.0 Å². The van der Waals surface area contributed by atoms with Crippen LogP contribution in [0.25, 0.3) is 0 Å². The zero-order chi connectivity index (χ0) is 18.3. The van der Waals surface area contributed by atoms with Crippen molar-refractivity contribution < 1.29 is 9.47 Å². The molecule has 7 nitrogen and oxygen atoms in total. The Morgan fingerprint density at radius 1 is 1.27 bits per heavy atom. The molecule has 2 N–H and O–H groups in total. The molecule has 150 valence electrons. The van der Waals surface area contributed by atoms with Gasteiger partial charge in [-0.05, 0) is 33.4 Å². The lowest BCUT2D eigenvalue weighted by Gasteiger charge is -2.18. The topological polar surface area (TPSA) is 71.0 Å². The predicted molar refractivity (Wildman–Crippen MR) is 118 cm³/mol. The number of aliphatic imine (C=N–C) groups is 1. The van der Waals surface area contributed by atoms with Crippen LogP contribution in [0.2, 0.25) is 0 Å². The summed E-state index contributed by atoms with van der Waals surface area (Å²) in [6.45, 7) is 9.57. The second-order valence-corrected chi connectivity index (χ2v) is 5.67. The third-order valence-electron chi connectivity index (χ3n) is 3.56. The van der Waals surface area contributed by atoms with Gasteiger partial charge >= 0.3 is 0 Å². The van der Waals surface area contributed by atoms with E-state index >= 15 is 0 Å². The van der Waals surface area contributed by atoms with E-state index in [-0.39, 0.29) is 24.0 Å². The smallest absolute Gasteiger partial charge is 0.218 e. The Balaban J connectivity index is 0.00000625. The maximum absolute atomic E-state index is 5.55. The number of halogens is 1. The van der Waals surface area contributed by atoms with E-state index in [0.717, 1.165) is 50.7 Å². The van der Waals surface area contributed by atoms with E-state index in [1.54, 1.807) is 13.3 Å². The predicted octanol–water partition coefficient (Wildman–Crippen LogP) is 2.12. The van der Waals surface area contributed by atoms with Crippen molar-refractivity contribution >= 4 is 29.9 Å². The summed E-state index contributed by atoms with van der Waals surface area (Å²) in [7, 11) is 3.85. The van der Waals surface area contributed by atoms with E-state index in [2.05, 4.69) is 39.5 Å². The van der Waals surface area contributed by atoms with Crippen molar-refractivity contribution in [3.63, 3.8) is 0 Å². The summed E-state index contributed by atoms with van der Waals surface area (Å²) in [6, 6.07) is 3.90. The first-order valence-corrected chi connectivity index (χ1v) is 8.97. The first kappa shape index (κ1) is 24.9. The van der Waals surface area contributed by atoms with Gasteiger partial charge in [-0.3, -0.25) is 0 Å². The van der Waals surface area contributed by atoms with Gasteiger partial charge in [0.15, 0.2) is 5.96 Å². The minimum atomic E-state index is 0. The molecule has 1 heterocycles.